The average Bonchev–Trinajstić information content (AvgIpc) is 2.95. The van der Waals surface area contributed by atoms with E-state index in [1.54, 1.807) is 11.3 Å². The van der Waals surface area contributed by atoms with Crippen molar-refractivity contribution in [3.05, 3.63) is 16.5 Å². The minimum absolute atomic E-state index is 0.121. The number of carbonyl (C=O) groups is 1. The number of hydrogen-bond donors (Lipinski definition) is 1. The van der Waals surface area contributed by atoms with Crippen molar-refractivity contribution < 1.29 is 4.79 Å². The van der Waals surface area contributed by atoms with E-state index in [1.807, 2.05) is 0 Å². The monoisotopic (exact) mass is 236 g/mol. The highest BCUT2D eigenvalue weighted by Gasteiger charge is 2.26. The van der Waals surface area contributed by atoms with Crippen molar-refractivity contribution in [3.63, 3.8) is 0 Å². The molecule has 0 atom stereocenters. The molecule has 86 valence electrons. The number of thiophene rings is 1. The van der Waals surface area contributed by atoms with E-state index >= 15 is 0 Å². The van der Waals surface area contributed by atoms with Crippen LogP contribution in [0.2, 0.25) is 0 Å². The van der Waals surface area contributed by atoms with E-state index in [-0.39, 0.29) is 5.91 Å². The van der Waals surface area contributed by atoms with Gasteiger partial charge in [0.25, 0.3) is 5.91 Å². The van der Waals surface area contributed by atoms with Crippen LogP contribution in [-0.2, 0) is 6.42 Å². The van der Waals surface area contributed by atoms with Crippen LogP contribution in [0.25, 0.3) is 0 Å². The molecule has 0 saturated heterocycles. The summed E-state index contributed by atoms with van der Waals surface area (Å²) in [5.74, 6) is 0.121. The van der Waals surface area contributed by atoms with Crippen molar-refractivity contribution in [3.8, 4) is 0 Å². The molecule has 2 heterocycles. The van der Waals surface area contributed by atoms with Crippen molar-refractivity contribution in [2.45, 2.75) is 31.7 Å². The van der Waals surface area contributed by atoms with Crippen molar-refractivity contribution in [1.29, 1.82) is 0 Å². The fourth-order valence-corrected chi connectivity index (χ4v) is 3.23. The predicted octanol–water partition coefficient (Wildman–Crippen LogP) is 2.02. The topological polar surface area (TPSA) is 32.3 Å². The molecule has 0 bridgehead atoms. The lowest BCUT2D eigenvalue weighted by Crippen LogP contribution is -2.24. The number of aryl methyl sites for hydroxylation is 1. The molecule has 0 spiro atoms. The normalized spacial score (nSPS) is 19.4. The molecule has 1 aromatic rings. The Morgan fingerprint density at radius 1 is 1.56 bits per heavy atom. The maximum Gasteiger partial charge on any atom is 0.261 e. The molecule has 1 aromatic heterocycles. The van der Waals surface area contributed by atoms with Crippen LogP contribution < -0.4 is 10.2 Å². The first-order valence-electron chi connectivity index (χ1n) is 5.89. The summed E-state index contributed by atoms with van der Waals surface area (Å²) < 4.78 is 0. The van der Waals surface area contributed by atoms with Gasteiger partial charge in [-0.3, -0.25) is 4.79 Å². The van der Waals surface area contributed by atoms with E-state index in [0.29, 0.717) is 6.04 Å². The third-order valence-corrected chi connectivity index (χ3v) is 4.50. The van der Waals surface area contributed by atoms with Gasteiger partial charge in [-0.2, -0.15) is 0 Å². The lowest BCUT2D eigenvalue weighted by Gasteiger charge is -2.23. The molecule has 1 aliphatic heterocycles. The van der Waals surface area contributed by atoms with Gasteiger partial charge >= 0.3 is 0 Å². The Labute approximate surface area is 99.5 Å². The molecule has 1 saturated carbocycles. The van der Waals surface area contributed by atoms with E-state index in [9.17, 15) is 4.79 Å². The smallest absolute Gasteiger partial charge is 0.261 e. The van der Waals surface area contributed by atoms with Crippen molar-refractivity contribution in [2.24, 2.45) is 0 Å². The van der Waals surface area contributed by atoms with Crippen LogP contribution in [0.4, 0.5) is 5.00 Å². The zero-order valence-electron chi connectivity index (χ0n) is 9.45. The van der Waals surface area contributed by atoms with Gasteiger partial charge in [0.15, 0.2) is 0 Å². The number of nitrogens with one attached hydrogen (secondary N) is 1. The van der Waals surface area contributed by atoms with Gasteiger partial charge in [0.2, 0.25) is 0 Å². The van der Waals surface area contributed by atoms with Crippen LogP contribution >= 0.6 is 11.3 Å². The summed E-state index contributed by atoms with van der Waals surface area (Å²) in [6, 6.07) is 2.53. The second kappa shape index (κ2) is 3.77. The predicted molar refractivity (Wildman–Crippen MR) is 66.4 cm³/mol. The molecule has 1 amide bonds. The van der Waals surface area contributed by atoms with Crippen molar-refractivity contribution in [1.82, 2.24) is 5.32 Å². The first kappa shape index (κ1) is 10.1. The first-order chi connectivity index (χ1) is 7.74. The van der Waals surface area contributed by atoms with E-state index in [2.05, 4.69) is 23.3 Å². The number of rotatable bonds is 2. The number of anilines is 1. The summed E-state index contributed by atoms with van der Waals surface area (Å²) in [4.78, 5) is 15.0. The number of fused-ring (bicyclic) bond motifs is 1. The molecule has 4 heteroatoms. The lowest BCUT2D eigenvalue weighted by atomic mass is 10.1. The van der Waals surface area contributed by atoms with E-state index in [0.717, 1.165) is 30.7 Å². The van der Waals surface area contributed by atoms with Gasteiger partial charge in [0.05, 0.1) is 9.88 Å². The maximum absolute atomic E-state index is 11.9. The second-order valence-electron chi connectivity index (χ2n) is 4.71. The third-order valence-electron chi connectivity index (χ3n) is 3.21. The van der Waals surface area contributed by atoms with Gasteiger partial charge in [0, 0.05) is 19.6 Å². The molecule has 1 aliphatic carbocycles. The molecule has 2 aliphatic rings. The van der Waals surface area contributed by atoms with Gasteiger partial charge in [0.1, 0.15) is 0 Å². The van der Waals surface area contributed by atoms with Crippen LogP contribution in [0.1, 0.15) is 34.5 Å². The molecule has 1 fully saturated rings. The van der Waals surface area contributed by atoms with Crippen LogP contribution in [0.5, 0.6) is 0 Å². The molecular formula is C12H16N2OS. The molecule has 1 N–H and O–H groups in total. The third kappa shape index (κ3) is 1.82. The Balaban J connectivity index is 1.82. The maximum atomic E-state index is 11.9. The van der Waals surface area contributed by atoms with E-state index < -0.39 is 0 Å². The quantitative estimate of drug-likeness (QED) is 0.852. The molecular weight excluding hydrogens is 220 g/mol. The summed E-state index contributed by atoms with van der Waals surface area (Å²) >= 11 is 1.64. The summed E-state index contributed by atoms with van der Waals surface area (Å²) in [5, 5.41) is 4.33. The fourth-order valence-electron chi connectivity index (χ4n) is 2.13. The van der Waals surface area contributed by atoms with Gasteiger partial charge in [-0.1, -0.05) is 0 Å². The van der Waals surface area contributed by atoms with Gasteiger partial charge in [-0.05, 0) is 37.3 Å². The van der Waals surface area contributed by atoms with E-state index in [1.165, 1.54) is 17.0 Å². The van der Waals surface area contributed by atoms with Gasteiger partial charge in [-0.25, -0.2) is 0 Å². The summed E-state index contributed by atoms with van der Waals surface area (Å²) in [6.45, 7) is 1.11. The highest BCUT2D eigenvalue weighted by atomic mass is 32.1. The number of hydrogen-bond acceptors (Lipinski definition) is 3. The number of amides is 1. The Hall–Kier alpha value is -1.03. The largest absolute Gasteiger partial charge is 0.366 e. The lowest BCUT2D eigenvalue weighted by molar-refractivity contribution is 0.0955. The van der Waals surface area contributed by atoms with Crippen LogP contribution in [0.15, 0.2) is 6.07 Å². The minimum atomic E-state index is 0.121. The fraction of sp³-hybridized carbons (Fsp3) is 0.583. The Bertz CT molecular complexity index is 423. The first-order valence-corrected chi connectivity index (χ1v) is 6.70. The number of nitrogens with zero attached hydrogens (tertiary/aromatic N) is 1. The Morgan fingerprint density at radius 3 is 3.06 bits per heavy atom. The molecule has 0 unspecified atom stereocenters. The summed E-state index contributed by atoms with van der Waals surface area (Å²) in [6.07, 6.45) is 4.62. The average molecular weight is 236 g/mol. The van der Waals surface area contributed by atoms with E-state index in [4.69, 9.17) is 0 Å². The van der Waals surface area contributed by atoms with Gasteiger partial charge < -0.3 is 10.2 Å². The highest BCUT2D eigenvalue weighted by molar-refractivity contribution is 7.18. The standard InChI is InChI=1S/C12H16N2OS/c1-14-6-2-3-8-7-10(16-12(8)14)11(15)13-9-4-5-9/h7,9H,2-6H2,1H3,(H,13,15). The van der Waals surface area contributed by atoms with Crippen molar-refractivity contribution >= 4 is 22.2 Å². The molecule has 0 aromatic carbocycles. The van der Waals surface area contributed by atoms with Crippen LogP contribution in [0, 0.1) is 0 Å². The van der Waals surface area contributed by atoms with Crippen molar-refractivity contribution in [2.75, 3.05) is 18.5 Å². The number of carbonyl (C=O) groups excluding carboxylic acids is 1. The second-order valence-corrected chi connectivity index (χ2v) is 5.74. The molecule has 3 rings (SSSR count). The van der Waals surface area contributed by atoms with Crippen LogP contribution in [0.3, 0.4) is 0 Å². The summed E-state index contributed by atoms with van der Waals surface area (Å²) in [7, 11) is 2.11. The van der Waals surface area contributed by atoms with Gasteiger partial charge in [-0.15, -0.1) is 11.3 Å². The zero-order chi connectivity index (χ0) is 11.1. The zero-order valence-corrected chi connectivity index (χ0v) is 10.3. The Kier molecular flexibility index (Phi) is 2.39. The Morgan fingerprint density at radius 2 is 2.38 bits per heavy atom. The molecule has 16 heavy (non-hydrogen) atoms. The summed E-state index contributed by atoms with van der Waals surface area (Å²) in [5.41, 5.74) is 1.35. The SMILES string of the molecule is CN1CCCc2cc(C(=O)NC3CC3)sc21. The minimum Gasteiger partial charge on any atom is -0.366 e. The molecule has 3 nitrogen and oxygen atoms in total. The molecule has 0 radical (unpaired) electrons. The highest BCUT2D eigenvalue weighted by Crippen LogP contribution is 2.35. The van der Waals surface area contributed by atoms with Crippen LogP contribution in [-0.4, -0.2) is 25.5 Å².